The van der Waals surface area contributed by atoms with E-state index in [0.717, 1.165) is 5.56 Å². The first-order valence-corrected chi connectivity index (χ1v) is 11.3. The summed E-state index contributed by atoms with van der Waals surface area (Å²) in [5.74, 6) is -0.709. The van der Waals surface area contributed by atoms with E-state index in [-0.39, 0.29) is 31.2 Å². The van der Waals surface area contributed by atoms with E-state index in [4.69, 9.17) is 10.5 Å². The maximum Gasteiger partial charge on any atom is 0.351 e. The SMILES string of the molecule is Nc1ccn([C@H]2C[C@H](NC(=O)C(Cc3ccccc3)NC(=O)c3ccccc3)[C@@H](CO)O2)c(=O)n1. The Kier molecular flexibility index (Phi) is 7.54. The first kappa shape index (κ1) is 24.1. The summed E-state index contributed by atoms with van der Waals surface area (Å²) in [5, 5.41) is 15.5. The van der Waals surface area contributed by atoms with Crippen molar-refractivity contribution in [3.63, 3.8) is 0 Å². The minimum Gasteiger partial charge on any atom is -0.394 e. The molecule has 10 heteroatoms. The molecule has 182 valence electrons. The molecule has 0 aliphatic carbocycles. The lowest BCUT2D eigenvalue weighted by Gasteiger charge is -2.23. The minimum atomic E-state index is -0.871. The van der Waals surface area contributed by atoms with Gasteiger partial charge in [0.15, 0.2) is 0 Å². The van der Waals surface area contributed by atoms with Crippen molar-refractivity contribution in [1.82, 2.24) is 20.2 Å². The van der Waals surface area contributed by atoms with Gasteiger partial charge in [0, 0.05) is 24.6 Å². The molecular formula is C25H27N5O5. The summed E-state index contributed by atoms with van der Waals surface area (Å²) in [4.78, 5) is 42.0. The van der Waals surface area contributed by atoms with Crippen LogP contribution in [0.4, 0.5) is 5.82 Å². The lowest BCUT2D eigenvalue weighted by Crippen LogP contribution is -2.52. The standard InChI is InChI=1S/C25H27N5O5/c26-21-11-12-30(25(34)29-21)22-14-18(20(15-31)35-22)27-24(33)19(13-16-7-3-1-4-8-16)28-23(32)17-9-5-2-6-10-17/h1-12,18-20,22,31H,13-15H2,(H,27,33)(H,28,32)(H2,26,29,34)/t18-,19?,20+,22+/m0/s1. The minimum absolute atomic E-state index is 0.0886. The molecule has 1 aromatic heterocycles. The molecular weight excluding hydrogens is 450 g/mol. The van der Waals surface area contributed by atoms with Gasteiger partial charge >= 0.3 is 5.69 Å². The fourth-order valence-corrected chi connectivity index (χ4v) is 4.04. The van der Waals surface area contributed by atoms with E-state index in [9.17, 15) is 19.5 Å². The zero-order valence-corrected chi connectivity index (χ0v) is 18.9. The summed E-state index contributed by atoms with van der Waals surface area (Å²) in [5.41, 5.74) is 6.28. The fraction of sp³-hybridized carbons (Fsp3) is 0.280. The van der Waals surface area contributed by atoms with Gasteiger partial charge in [-0.3, -0.25) is 14.2 Å². The van der Waals surface area contributed by atoms with E-state index >= 15 is 0 Å². The number of nitrogens with zero attached hydrogens (tertiary/aromatic N) is 2. The van der Waals surface area contributed by atoms with Crippen LogP contribution >= 0.6 is 0 Å². The third-order valence-corrected chi connectivity index (χ3v) is 5.85. The largest absolute Gasteiger partial charge is 0.394 e. The highest BCUT2D eigenvalue weighted by molar-refractivity contribution is 5.97. The Morgan fingerprint density at radius 3 is 2.46 bits per heavy atom. The third-order valence-electron chi connectivity index (χ3n) is 5.85. The van der Waals surface area contributed by atoms with Gasteiger partial charge in [0.05, 0.1) is 12.6 Å². The maximum atomic E-state index is 13.3. The average Bonchev–Trinajstić information content (AvgIpc) is 3.27. The predicted molar refractivity (Wildman–Crippen MR) is 128 cm³/mol. The number of nitrogens with two attached hydrogens (primary N) is 1. The van der Waals surface area contributed by atoms with Gasteiger partial charge in [-0.2, -0.15) is 4.98 Å². The highest BCUT2D eigenvalue weighted by atomic mass is 16.5. The molecule has 5 N–H and O–H groups in total. The van der Waals surface area contributed by atoms with E-state index in [1.165, 1.54) is 16.8 Å². The van der Waals surface area contributed by atoms with E-state index < -0.39 is 36.0 Å². The topological polar surface area (TPSA) is 149 Å². The zero-order chi connectivity index (χ0) is 24.8. The normalized spacial score (nSPS) is 20.2. The molecule has 2 aromatic carbocycles. The summed E-state index contributed by atoms with van der Waals surface area (Å²) in [6, 6.07) is 18.0. The number of carbonyl (C=O) groups is 2. The van der Waals surface area contributed by atoms with Gasteiger partial charge in [0.1, 0.15) is 24.2 Å². The van der Waals surface area contributed by atoms with Gasteiger partial charge in [-0.05, 0) is 23.8 Å². The second kappa shape index (κ2) is 10.9. The smallest absolute Gasteiger partial charge is 0.351 e. The van der Waals surface area contributed by atoms with Crippen LogP contribution in [0.25, 0.3) is 0 Å². The zero-order valence-electron chi connectivity index (χ0n) is 18.9. The van der Waals surface area contributed by atoms with Gasteiger partial charge in [-0.15, -0.1) is 0 Å². The predicted octanol–water partition coefficient (Wildman–Crippen LogP) is 0.631. The van der Waals surface area contributed by atoms with Crippen LogP contribution in [0.3, 0.4) is 0 Å². The van der Waals surface area contributed by atoms with Gasteiger partial charge < -0.3 is 26.2 Å². The third kappa shape index (κ3) is 5.92. The monoisotopic (exact) mass is 477 g/mol. The number of benzene rings is 2. The molecule has 0 radical (unpaired) electrons. The number of rotatable bonds is 8. The van der Waals surface area contributed by atoms with Gasteiger partial charge in [0.2, 0.25) is 5.91 Å². The Balaban J connectivity index is 1.50. The highest BCUT2D eigenvalue weighted by Gasteiger charge is 2.38. The first-order chi connectivity index (χ1) is 16.9. The molecule has 35 heavy (non-hydrogen) atoms. The van der Waals surface area contributed by atoms with Crippen molar-refractivity contribution in [2.24, 2.45) is 0 Å². The summed E-state index contributed by atoms with van der Waals surface area (Å²) in [7, 11) is 0. The van der Waals surface area contributed by atoms with Crippen molar-refractivity contribution >= 4 is 17.6 Å². The number of aliphatic hydroxyl groups is 1. The summed E-state index contributed by atoms with van der Waals surface area (Å²) in [6.45, 7) is -0.363. The number of hydrogen-bond acceptors (Lipinski definition) is 7. The summed E-state index contributed by atoms with van der Waals surface area (Å²) < 4.78 is 7.08. The number of aromatic nitrogens is 2. The van der Waals surface area contributed by atoms with Crippen LogP contribution in [0.5, 0.6) is 0 Å². The van der Waals surface area contributed by atoms with E-state index in [2.05, 4.69) is 15.6 Å². The van der Waals surface area contributed by atoms with Crippen LogP contribution in [0.1, 0.15) is 28.6 Å². The highest BCUT2D eigenvalue weighted by Crippen LogP contribution is 2.27. The Morgan fingerprint density at radius 1 is 1.11 bits per heavy atom. The second-order valence-corrected chi connectivity index (χ2v) is 8.29. The lowest BCUT2D eigenvalue weighted by atomic mass is 10.0. The van der Waals surface area contributed by atoms with Crippen LogP contribution in [0.15, 0.2) is 77.7 Å². The number of carbonyl (C=O) groups excluding carboxylic acids is 2. The van der Waals surface area contributed by atoms with Crippen molar-refractivity contribution in [3.05, 3.63) is 94.5 Å². The molecule has 1 aliphatic heterocycles. The van der Waals surface area contributed by atoms with Crippen LogP contribution in [0.2, 0.25) is 0 Å². The molecule has 10 nitrogen and oxygen atoms in total. The number of ether oxygens (including phenoxy) is 1. The number of nitrogen functional groups attached to an aromatic ring is 1. The number of nitrogens with one attached hydrogen (secondary N) is 2. The summed E-state index contributed by atoms with van der Waals surface area (Å²) in [6.07, 6.45) is 0.493. The van der Waals surface area contributed by atoms with Gasteiger partial charge in [-0.25, -0.2) is 4.79 Å². The molecule has 0 bridgehead atoms. The molecule has 0 saturated carbocycles. The number of amides is 2. The van der Waals surface area contributed by atoms with Crippen molar-refractivity contribution in [3.8, 4) is 0 Å². The molecule has 3 aromatic rings. The fourth-order valence-electron chi connectivity index (χ4n) is 4.04. The number of hydrogen-bond donors (Lipinski definition) is 4. The van der Waals surface area contributed by atoms with Crippen molar-refractivity contribution in [2.75, 3.05) is 12.3 Å². The van der Waals surface area contributed by atoms with E-state index in [0.29, 0.717) is 5.56 Å². The molecule has 1 saturated heterocycles. The van der Waals surface area contributed by atoms with Gasteiger partial charge in [-0.1, -0.05) is 48.5 Å². The first-order valence-electron chi connectivity index (χ1n) is 11.3. The molecule has 4 rings (SSSR count). The Morgan fingerprint density at radius 2 is 1.80 bits per heavy atom. The molecule has 4 atom stereocenters. The Hall–Kier alpha value is -4.02. The molecule has 2 heterocycles. The average molecular weight is 478 g/mol. The number of anilines is 1. The maximum absolute atomic E-state index is 13.3. The molecule has 1 fully saturated rings. The second-order valence-electron chi connectivity index (χ2n) is 8.29. The van der Waals surface area contributed by atoms with Crippen LogP contribution in [0, 0.1) is 0 Å². The number of aliphatic hydroxyl groups excluding tert-OH is 1. The molecule has 0 spiro atoms. The van der Waals surface area contributed by atoms with E-state index in [1.807, 2.05) is 30.3 Å². The van der Waals surface area contributed by atoms with Gasteiger partial charge in [0.25, 0.3) is 5.91 Å². The quantitative estimate of drug-likeness (QED) is 0.372. The Bertz CT molecular complexity index is 1220. The van der Waals surface area contributed by atoms with Crippen LogP contribution < -0.4 is 22.1 Å². The van der Waals surface area contributed by atoms with E-state index in [1.54, 1.807) is 30.3 Å². The lowest BCUT2D eigenvalue weighted by molar-refractivity contribution is -0.124. The summed E-state index contributed by atoms with van der Waals surface area (Å²) >= 11 is 0. The Labute approximate surface area is 201 Å². The molecule has 2 amide bonds. The molecule has 1 aliphatic rings. The van der Waals surface area contributed by atoms with Crippen molar-refractivity contribution in [2.45, 2.75) is 37.3 Å². The van der Waals surface area contributed by atoms with Crippen molar-refractivity contribution < 1.29 is 19.4 Å². The van der Waals surface area contributed by atoms with Crippen molar-refractivity contribution in [1.29, 1.82) is 0 Å². The molecule has 1 unspecified atom stereocenters. The van der Waals surface area contributed by atoms with Crippen LogP contribution in [-0.4, -0.2) is 51.3 Å². The van der Waals surface area contributed by atoms with Crippen LogP contribution in [-0.2, 0) is 16.0 Å².